The van der Waals surface area contributed by atoms with Gasteiger partial charge in [-0.25, -0.2) is 4.39 Å². The van der Waals surface area contributed by atoms with Gasteiger partial charge in [0.15, 0.2) is 0 Å². The molecule has 20 heavy (non-hydrogen) atoms. The van der Waals surface area contributed by atoms with Crippen molar-refractivity contribution in [1.29, 1.82) is 0 Å². The highest BCUT2D eigenvalue weighted by Gasteiger charge is 2.34. The minimum Gasteiger partial charge on any atom is -0.489 e. The number of hydrogen-bond donors (Lipinski definition) is 0. The highest BCUT2D eigenvalue weighted by Crippen LogP contribution is 2.33. The van der Waals surface area contributed by atoms with Gasteiger partial charge in [0.05, 0.1) is 5.56 Å². The summed E-state index contributed by atoms with van der Waals surface area (Å²) < 4.78 is 56.8. The normalized spacial score (nSPS) is 11.4. The molecule has 0 amide bonds. The highest BCUT2D eigenvalue weighted by molar-refractivity contribution is 9.10. The lowest BCUT2D eigenvalue weighted by atomic mass is 10.2. The second-order valence-electron chi connectivity index (χ2n) is 4.02. The smallest absolute Gasteiger partial charge is 0.419 e. The molecule has 0 aromatic heterocycles. The lowest BCUT2D eigenvalue weighted by Gasteiger charge is -2.12. The van der Waals surface area contributed by atoms with Crippen LogP contribution in [0.5, 0.6) is 5.75 Å². The standard InChI is InChI=1S/C14H9BrF4O/c15-12-4-2-1-3-9(12)8-20-10-5-6-13(16)11(7-10)14(17,18)19/h1-7H,8H2. The molecule has 106 valence electrons. The van der Waals surface area contributed by atoms with Gasteiger partial charge in [-0.2, -0.15) is 13.2 Å². The fraction of sp³-hybridized carbons (Fsp3) is 0.143. The molecule has 0 atom stereocenters. The van der Waals surface area contributed by atoms with Gasteiger partial charge in [0, 0.05) is 10.0 Å². The molecule has 2 rings (SSSR count). The van der Waals surface area contributed by atoms with Gasteiger partial charge in [-0.1, -0.05) is 34.1 Å². The van der Waals surface area contributed by atoms with Crippen LogP contribution in [0.1, 0.15) is 11.1 Å². The molecule has 0 saturated heterocycles. The predicted molar refractivity (Wildman–Crippen MR) is 69.9 cm³/mol. The number of ether oxygens (including phenoxy) is 1. The quantitative estimate of drug-likeness (QED) is 0.694. The first-order valence-electron chi connectivity index (χ1n) is 5.61. The topological polar surface area (TPSA) is 9.23 Å². The fourth-order valence-corrected chi connectivity index (χ4v) is 1.99. The SMILES string of the molecule is Fc1ccc(OCc2ccccc2Br)cc1C(F)(F)F. The molecule has 0 bridgehead atoms. The first kappa shape index (κ1) is 14.8. The molecular weight excluding hydrogens is 340 g/mol. The van der Waals surface area contributed by atoms with Gasteiger partial charge in [0.1, 0.15) is 18.2 Å². The summed E-state index contributed by atoms with van der Waals surface area (Å²) in [7, 11) is 0. The molecule has 0 heterocycles. The average molecular weight is 349 g/mol. The summed E-state index contributed by atoms with van der Waals surface area (Å²) in [4.78, 5) is 0. The zero-order valence-electron chi connectivity index (χ0n) is 10.0. The van der Waals surface area contributed by atoms with Crippen molar-refractivity contribution in [2.75, 3.05) is 0 Å². The molecule has 6 heteroatoms. The lowest BCUT2D eigenvalue weighted by molar-refractivity contribution is -0.140. The van der Waals surface area contributed by atoms with Crippen molar-refractivity contribution in [3.63, 3.8) is 0 Å². The van der Waals surface area contributed by atoms with Crippen LogP contribution in [0.2, 0.25) is 0 Å². The molecule has 0 fully saturated rings. The Morgan fingerprint density at radius 3 is 2.40 bits per heavy atom. The van der Waals surface area contributed by atoms with E-state index in [-0.39, 0.29) is 12.4 Å². The number of halogens is 5. The summed E-state index contributed by atoms with van der Waals surface area (Å²) in [5.74, 6) is -1.35. The van der Waals surface area contributed by atoms with Crippen LogP contribution >= 0.6 is 15.9 Å². The van der Waals surface area contributed by atoms with Crippen LogP contribution in [-0.4, -0.2) is 0 Å². The largest absolute Gasteiger partial charge is 0.489 e. The third kappa shape index (κ3) is 3.50. The monoisotopic (exact) mass is 348 g/mol. The number of hydrogen-bond acceptors (Lipinski definition) is 1. The van der Waals surface area contributed by atoms with E-state index < -0.39 is 17.6 Å². The summed E-state index contributed by atoms with van der Waals surface area (Å²) in [5, 5.41) is 0. The lowest BCUT2D eigenvalue weighted by Crippen LogP contribution is -2.08. The molecule has 0 spiro atoms. The van der Waals surface area contributed by atoms with Crippen LogP contribution in [0.15, 0.2) is 46.9 Å². The van der Waals surface area contributed by atoms with Crippen LogP contribution < -0.4 is 4.74 Å². The van der Waals surface area contributed by atoms with Gasteiger partial charge < -0.3 is 4.74 Å². The molecule has 0 aliphatic rings. The Morgan fingerprint density at radius 2 is 1.75 bits per heavy atom. The van der Waals surface area contributed by atoms with Crippen LogP contribution in [0, 0.1) is 5.82 Å². The van der Waals surface area contributed by atoms with E-state index >= 15 is 0 Å². The minimum absolute atomic E-state index is 0.0329. The second kappa shape index (κ2) is 5.83. The maximum atomic E-state index is 13.1. The predicted octanol–water partition coefficient (Wildman–Crippen LogP) is 5.19. The summed E-state index contributed by atoms with van der Waals surface area (Å²) in [6.07, 6.45) is -4.74. The Hall–Kier alpha value is -1.56. The maximum absolute atomic E-state index is 13.1. The number of alkyl halides is 3. The highest BCUT2D eigenvalue weighted by atomic mass is 79.9. The molecule has 2 aromatic rings. The van der Waals surface area contributed by atoms with E-state index in [9.17, 15) is 17.6 Å². The Morgan fingerprint density at radius 1 is 1.05 bits per heavy atom. The first-order chi connectivity index (χ1) is 9.38. The Bertz CT molecular complexity index is 610. The molecular formula is C14H9BrF4O. The van der Waals surface area contributed by atoms with E-state index in [1.807, 2.05) is 6.07 Å². The zero-order valence-corrected chi connectivity index (χ0v) is 11.6. The zero-order chi connectivity index (χ0) is 14.8. The average Bonchev–Trinajstić information content (AvgIpc) is 2.38. The molecule has 0 N–H and O–H groups in total. The summed E-state index contributed by atoms with van der Waals surface area (Å²) >= 11 is 3.31. The van der Waals surface area contributed by atoms with Crippen molar-refractivity contribution >= 4 is 15.9 Å². The van der Waals surface area contributed by atoms with Crippen molar-refractivity contribution in [2.45, 2.75) is 12.8 Å². The Labute approximate surface area is 121 Å². The van der Waals surface area contributed by atoms with Crippen LogP contribution in [0.4, 0.5) is 17.6 Å². The third-order valence-electron chi connectivity index (χ3n) is 2.60. The van der Waals surface area contributed by atoms with Gasteiger partial charge in [-0.05, 0) is 24.3 Å². The van der Waals surface area contributed by atoms with Crippen LogP contribution in [-0.2, 0) is 12.8 Å². The molecule has 1 nitrogen and oxygen atoms in total. The van der Waals surface area contributed by atoms with E-state index in [4.69, 9.17) is 4.74 Å². The van der Waals surface area contributed by atoms with Crippen LogP contribution in [0.3, 0.4) is 0 Å². The summed E-state index contributed by atoms with van der Waals surface area (Å²) in [6, 6.07) is 9.75. The summed E-state index contributed by atoms with van der Waals surface area (Å²) in [6.45, 7) is 0.0877. The van der Waals surface area contributed by atoms with Crippen molar-refractivity contribution in [2.24, 2.45) is 0 Å². The molecule has 0 aliphatic heterocycles. The van der Waals surface area contributed by atoms with E-state index in [0.29, 0.717) is 6.07 Å². The van der Waals surface area contributed by atoms with E-state index in [0.717, 1.165) is 16.1 Å². The van der Waals surface area contributed by atoms with Crippen molar-refractivity contribution in [3.05, 3.63) is 63.9 Å². The second-order valence-corrected chi connectivity index (χ2v) is 4.87. The van der Waals surface area contributed by atoms with E-state index in [1.165, 1.54) is 6.07 Å². The van der Waals surface area contributed by atoms with Crippen LogP contribution in [0.25, 0.3) is 0 Å². The summed E-state index contributed by atoms with van der Waals surface area (Å²) in [5.41, 5.74) is -0.549. The van der Waals surface area contributed by atoms with Gasteiger partial charge in [-0.15, -0.1) is 0 Å². The fourth-order valence-electron chi connectivity index (χ4n) is 1.59. The third-order valence-corrected chi connectivity index (χ3v) is 3.37. The van der Waals surface area contributed by atoms with Crippen molar-refractivity contribution in [1.82, 2.24) is 0 Å². The molecule has 0 saturated carbocycles. The molecule has 0 radical (unpaired) electrons. The molecule has 2 aromatic carbocycles. The maximum Gasteiger partial charge on any atom is 0.419 e. The van der Waals surface area contributed by atoms with E-state index in [1.54, 1.807) is 18.2 Å². The molecule has 0 aliphatic carbocycles. The Balaban J connectivity index is 2.17. The number of rotatable bonds is 3. The van der Waals surface area contributed by atoms with Gasteiger partial charge in [0.2, 0.25) is 0 Å². The number of benzene rings is 2. The first-order valence-corrected chi connectivity index (χ1v) is 6.40. The van der Waals surface area contributed by atoms with Crippen molar-refractivity contribution < 1.29 is 22.3 Å². The van der Waals surface area contributed by atoms with Gasteiger partial charge in [-0.3, -0.25) is 0 Å². The molecule has 0 unspecified atom stereocenters. The van der Waals surface area contributed by atoms with E-state index in [2.05, 4.69) is 15.9 Å². The minimum atomic E-state index is -4.74. The van der Waals surface area contributed by atoms with Gasteiger partial charge >= 0.3 is 6.18 Å². The van der Waals surface area contributed by atoms with Crippen molar-refractivity contribution in [3.8, 4) is 5.75 Å². The Kier molecular flexibility index (Phi) is 4.32. The van der Waals surface area contributed by atoms with Gasteiger partial charge in [0.25, 0.3) is 0 Å².